The fourth-order valence-electron chi connectivity index (χ4n) is 2.11. The van der Waals surface area contributed by atoms with Crippen molar-refractivity contribution in [1.82, 2.24) is 5.32 Å². The number of nitrogens with zero attached hydrogens (tertiary/aromatic N) is 1. The quantitative estimate of drug-likeness (QED) is 0.827. The fourth-order valence-corrected chi connectivity index (χ4v) is 2.11. The van der Waals surface area contributed by atoms with Gasteiger partial charge in [0.05, 0.1) is 0 Å². The first kappa shape index (κ1) is 10.8. The van der Waals surface area contributed by atoms with E-state index in [0.717, 1.165) is 23.4 Å². The van der Waals surface area contributed by atoms with Crippen LogP contribution in [-0.4, -0.2) is 18.3 Å². The Bertz CT molecular complexity index is 570. The van der Waals surface area contributed by atoms with Gasteiger partial charge >= 0.3 is 0 Å². The monoisotopic (exact) mass is 239 g/mol. The molecular formula is C14H13N3O. The van der Waals surface area contributed by atoms with E-state index in [9.17, 15) is 4.79 Å². The minimum Gasteiger partial charge on any atom is -0.366 e. The van der Waals surface area contributed by atoms with Gasteiger partial charge in [-0.3, -0.25) is 9.79 Å². The first-order chi connectivity index (χ1) is 8.84. The van der Waals surface area contributed by atoms with Crippen LogP contribution < -0.4 is 10.6 Å². The van der Waals surface area contributed by atoms with E-state index >= 15 is 0 Å². The Hall–Kier alpha value is -2.36. The highest BCUT2D eigenvalue weighted by Gasteiger charge is 2.23. The Balaban J connectivity index is 1.80. The van der Waals surface area contributed by atoms with Crippen molar-refractivity contribution in [2.75, 3.05) is 12.0 Å². The summed E-state index contributed by atoms with van der Waals surface area (Å²) in [6.45, 7) is 0.459. The lowest BCUT2D eigenvalue weighted by molar-refractivity contribution is -0.110. The number of anilines is 1. The van der Waals surface area contributed by atoms with Gasteiger partial charge in [0.1, 0.15) is 12.4 Å². The van der Waals surface area contributed by atoms with Gasteiger partial charge in [0.25, 0.3) is 5.91 Å². The molecule has 1 aromatic carbocycles. The van der Waals surface area contributed by atoms with E-state index in [1.165, 1.54) is 0 Å². The number of carbonyl (C=O) groups is 1. The zero-order valence-corrected chi connectivity index (χ0v) is 9.81. The van der Waals surface area contributed by atoms with Crippen molar-refractivity contribution in [3.63, 3.8) is 0 Å². The average molecular weight is 239 g/mol. The first-order valence-corrected chi connectivity index (χ1v) is 5.89. The molecule has 1 aliphatic heterocycles. The second kappa shape index (κ2) is 4.49. The summed E-state index contributed by atoms with van der Waals surface area (Å²) in [7, 11) is 0. The minimum atomic E-state index is -0.140. The molecule has 2 N–H and O–H groups in total. The van der Waals surface area contributed by atoms with E-state index in [0.29, 0.717) is 12.4 Å². The van der Waals surface area contributed by atoms with Gasteiger partial charge < -0.3 is 10.6 Å². The normalized spacial score (nSPS) is 17.0. The number of aliphatic imine (C=N–C) groups is 1. The maximum atomic E-state index is 12.2. The molecule has 0 fully saturated rings. The molecule has 0 spiro atoms. The van der Waals surface area contributed by atoms with Gasteiger partial charge in [-0.25, -0.2) is 0 Å². The maximum absolute atomic E-state index is 12.2. The van der Waals surface area contributed by atoms with Crippen LogP contribution in [0, 0.1) is 0 Å². The smallest absolute Gasteiger partial charge is 0.274 e. The van der Waals surface area contributed by atoms with E-state index < -0.39 is 0 Å². The molecule has 1 heterocycles. The summed E-state index contributed by atoms with van der Waals surface area (Å²) in [5, 5.41) is 6.02. The molecule has 0 saturated carbocycles. The van der Waals surface area contributed by atoms with E-state index in [1.807, 2.05) is 42.5 Å². The van der Waals surface area contributed by atoms with Gasteiger partial charge in [0, 0.05) is 17.0 Å². The summed E-state index contributed by atoms with van der Waals surface area (Å²) in [6, 6.07) is 9.42. The van der Waals surface area contributed by atoms with E-state index in [2.05, 4.69) is 15.6 Å². The lowest BCUT2D eigenvalue weighted by atomic mass is 10.1. The zero-order valence-electron chi connectivity index (χ0n) is 9.81. The molecule has 0 radical (unpaired) electrons. The Labute approximate surface area is 105 Å². The minimum absolute atomic E-state index is 0.140. The van der Waals surface area contributed by atoms with Gasteiger partial charge in [-0.15, -0.1) is 0 Å². The molecule has 1 aliphatic carbocycles. The van der Waals surface area contributed by atoms with Gasteiger partial charge in [0.2, 0.25) is 0 Å². The number of rotatable bonds is 2. The molecule has 3 rings (SSSR count). The van der Waals surface area contributed by atoms with E-state index in [1.54, 1.807) is 0 Å². The van der Waals surface area contributed by atoms with Crippen molar-refractivity contribution in [1.29, 1.82) is 0 Å². The number of hydrogen-bond acceptors (Lipinski definition) is 3. The Morgan fingerprint density at radius 2 is 2.11 bits per heavy atom. The van der Waals surface area contributed by atoms with Crippen LogP contribution in [0.3, 0.4) is 0 Å². The van der Waals surface area contributed by atoms with Crippen LogP contribution in [-0.2, 0) is 4.79 Å². The van der Waals surface area contributed by atoms with E-state index in [-0.39, 0.29) is 5.91 Å². The SMILES string of the molecule is O=C(Nc1ccccc1)C1=NCNC2=C1CC=C2. The molecule has 1 amide bonds. The van der Waals surface area contributed by atoms with Crippen molar-refractivity contribution >= 4 is 17.3 Å². The molecule has 4 nitrogen and oxygen atoms in total. The molecule has 4 heteroatoms. The molecule has 1 aromatic rings. The Kier molecular flexibility index (Phi) is 2.68. The molecule has 0 atom stereocenters. The molecule has 0 aromatic heterocycles. The summed E-state index contributed by atoms with van der Waals surface area (Å²) in [6.07, 6.45) is 4.80. The number of hydrogen-bond donors (Lipinski definition) is 2. The molecule has 18 heavy (non-hydrogen) atoms. The summed E-state index contributed by atoms with van der Waals surface area (Å²) in [5.74, 6) is -0.140. The molecular weight excluding hydrogens is 226 g/mol. The number of allylic oxidation sites excluding steroid dienone is 2. The third-order valence-corrected chi connectivity index (χ3v) is 2.97. The van der Waals surface area contributed by atoms with E-state index in [4.69, 9.17) is 0 Å². The third-order valence-electron chi connectivity index (χ3n) is 2.97. The second-order valence-electron chi connectivity index (χ2n) is 4.16. The zero-order chi connectivity index (χ0) is 12.4. The van der Waals surface area contributed by atoms with Crippen LogP contribution in [0.4, 0.5) is 5.69 Å². The van der Waals surface area contributed by atoms with Gasteiger partial charge in [-0.2, -0.15) is 0 Å². The number of carbonyl (C=O) groups excluding carboxylic acids is 1. The molecule has 0 unspecified atom stereocenters. The van der Waals surface area contributed by atoms with Crippen LogP contribution in [0.2, 0.25) is 0 Å². The Morgan fingerprint density at radius 3 is 2.94 bits per heavy atom. The third kappa shape index (κ3) is 1.93. The highest BCUT2D eigenvalue weighted by atomic mass is 16.1. The van der Waals surface area contributed by atoms with Crippen LogP contribution in [0.1, 0.15) is 6.42 Å². The topological polar surface area (TPSA) is 53.5 Å². The average Bonchev–Trinajstić information content (AvgIpc) is 2.87. The highest BCUT2D eigenvalue weighted by molar-refractivity contribution is 6.49. The van der Waals surface area contributed by atoms with Crippen LogP contribution in [0.5, 0.6) is 0 Å². The van der Waals surface area contributed by atoms with Crippen LogP contribution in [0.25, 0.3) is 0 Å². The largest absolute Gasteiger partial charge is 0.366 e. The fraction of sp³-hybridized carbons (Fsp3) is 0.143. The van der Waals surface area contributed by atoms with Gasteiger partial charge in [-0.05, 0) is 24.6 Å². The number of benzene rings is 1. The summed E-state index contributed by atoms with van der Waals surface area (Å²) >= 11 is 0. The first-order valence-electron chi connectivity index (χ1n) is 5.89. The maximum Gasteiger partial charge on any atom is 0.274 e. The van der Waals surface area contributed by atoms with Crippen molar-refractivity contribution in [2.45, 2.75) is 6.42 Å². The number of para-hydroxylation sites is 1. The summed E-state index contributed by atoms with van der Waals surface area (Å²) in [4.78, 5) is 16.4. The molecule has 0 bridgehead atoms. The van der Waals surface area contributed by atoms with Crippen LogP contribution in [0.15, 0.2) is 58.7 Å². The van der Waals surface area contributed by atoms with Crippen molar-refractivity contribution in [3.8, 4) is 0 Å². The van der Waals surface area contributed by atoms with Gasteiger partial charge in [0.15, 0.2) is 0 Å². The second-order valence-corrected chi connectivity index (χ2v) is 4.16. The highest BCUT2D eigenvalue weighted by Crippen LogP contribution is 2.21. The number of amides is 1. The standard InChI is InChI=1S/C14H13N3O/c18-14(17-10-5-2-1-3-6-10)13-11-7-4-8-12(11)15-9-16-13/h1-6,8,15H,7,9H2,(H,17,18). The van der Waals surface area contributed by atoms with Crippen molar-refractivity contribution in [3.05, 3.63) is 53.8 Å². The van der Waals surface area contributed by atoms with Gasteiger partial charge in [-0.1, -0.05) is 24.3 Å². The summed E-state index contributed by atoms with van der Waals surface area (Å²) in [5.41, 5.74) is 3.33. The van der Waals surface area contributed by atoms with Crippen molar-refractivity contribution in [2.24, 2.45) is 4.99 Å². The Morgan fingerprint density at radius 1 is 1.28 bits per heavy atom. The summed E-state index contributed by atoms with van der Waals surface area (Å²) < 4.78 is 0. The van der Waals surface area contributed by atoms with Crippen molar-refractivity contribution < 1.29 is 4.79 Å². The number of nitrogens with one attached hydrogen (secondary N) is 2. The molecule has 2 aliphatic rings. The molecule has 90 valence electrons. The predicted molar refractivity (Wildman–Crippen MR) is 71.3 cm³/mol. The van der Waals surface area contributed by atoms with Crippen LogP contribution >= 0.6 is 0 Å². The lowest BCUT2D eigenvalue weighted by Gasteiger charge is -2.16. The lowest BCUT2D eigenvalue weighted by Crippen LogP contribution is -2.31. The predicted octanol–water partition coefficient (Wildman–Crippen LogP) is 1.84. The molecule has 0 saturated heterocycles.